The van der Waals surface area contributed by atoms with Crippen LogP contribution < -0.4 is 0 Å². The van der Waals surface area contributed by atoms with Crippen molar-refractivity contribution in [2.75, 3.05) is 13.2 Å². The van der Waals surface area contributed by atoms with Crippen LogP contribution in [-0.2, 0) is 28.2 Å². The fourth-order valence-electron chi connectivity index (χ4n) is 6.96. The molecule has 0 amide bonds. The second-order valence-corrected chi connectivity index (χ2v) is 17.0. The highest BCUT2D eigenvalue weighted by molar-refractivity contribution is 7.46. The highest BCUT2D eigenvalue weighted by Gasteiger charge is 2.23. The Bertz CT molecular complexity index is 832. The van der Waals surface area contributed by atoms with E-state index in [1.807, 2.05) is 0 Å². The third-order valence-electron chi connectivity index (χ3n) is 10.4. The first-order chi connectivity index (χ1) is 25.8. The Morgan fingerprint density at radius 2 is 0.679 bits per heavy atom. The van der Waals surface area contributed by atoms with Gasteiger partial charge in [0.2, 0.25) is 0 Å². The van der Waals surface area contributed by atoms with E-state index in [2.05, 4.69) is 18.4 Å². The minimum atomic E-state index is -4.75. The molecule has 0 unspecified atom stereocenters. The zero-order chi connectivity index (χ0) is 38.9. The average Bonchev–Trinajstić information content (AvgIpc) is 3.13. The van der Waals surface area contributed by atoms with Crippen molar-refractivity contribution in [3.05, 3.63) is 0 Å². The van der Waals surface area contributed by atoms with Gasteiger partial charge in [0.05, 0.1) is 6.61 Å². The lowest BCUT2D eigenvalue weighted by atomic mass is 10.0. The van der Waals surface area contributed by atoms with Crippen LogP contribution >= 0.6 is 7.82 Å². The first kappa shape index (κ1) is 52.0. The van der Waals surface area contributed by atoms with Crippen LogP contribution in [-0.4, -0.2) is 41.0 Å². The molecular weight excluding hydrogens is 687 g/mol. The van der Waals surface area contributed by atoms with Crippen molar-refractivity contribution in [3.8, 4) is 0 Å². The molecule has 53 heavy (non-hydrogen) atoms. The number of ether oxygens (including phenoxy) is 2. The predicted octanol–water partition coefficient (Wildman–Crippen LogP) is 14.0. The van der Waals surface area contributed by atoms with Crippen LogP contribution in [0.25, 0.3) is 0 Å². The maximum Gasteiger partial charge on any atom is 0.469 e. The third-order valence-corrected chi connectivity index (χ3v) is 10.9. The number of phosphoric ester groups is 1. The lowest BCUT2D eigenvalue weighted by Gasteiger charge is -2.18. The Morgan fingerprint density at radius 3 is 0.962 bits per heavy atom. The summed E-state index contributed by atoms with van der Waals surface area (Å²) in [7, 11) is -4.75. The average molecular weight is 775 g/mol. The molecule has 0 aromatic rings. The molecule has 0 radical (unpaired) electrons. The van der Waals surface area contributed by atoms with E-state index in [0.717, 1.165) is 32.1 Å². The molecular formula is C44H87O8P. The highest BCUT2D eigenvalue weighted by Crippen LogP contribution is 2.36. The van der Waals surface area contributed by atoms with Crippen molar-refractivity contribution in [1.29, 1.82) is 0 Å². The normalized spacial score (nSPS) is 12.3. The van der Waals surface area contributed by atoms with E-state index in [9.17, 15) is 14.2 Å². The van der Waals surface area contributed by atoms with Gasteiger partial charge in [-0.3, -0.25) is 14.1 Å². The molecule has 9 heteroatoms. The number of phosphoric acid groups is 1. The van der Waals surface area contributed by atoms with Crippen LogP contribution in [0.15, 0.2) is 0 Å². The number of unbranched alkanes of at least 4 members (excludes halogenated alkanes) is 33. The molecule has 0 heterocycles. The quantitative estimate of drug-likeness (QED) is 0.0357. The van der Waals surface area contributed by atoms with Crippen LogP contribution in [0.2, 0.25) is 0 Å². The van der Waals surface area contributed by atoms with Crippen LogP contribution in [0, 0.1) is 0 Å². The smallest absolute Gasteiger partial charge is 0.462 e. The van der Waals surface area contributed by atoms with Crippen LogP contribution in [0.3, 0.4) is 0 Å². The Balaban J connectivity index is 3.77. The van der Waals surface area contributed by atoms with Gasteiger partial charge in [0, 0.05) is 12.8 Å². The summed E-state index contributed by atoms with van der Waals surface area (Å²) in [5.74, 6) is -0.866. The molecule has 0 aliphatic rings. The summed E-state index contributed by atoms with van der Waals surface area (Å²) < 4.78 is 26.4. The molecule has 0 saturated heterocycles. The van der Waals surface area contributed by atoms with Gasteiger partial charge in [-0.2, -0.15) is 0 Å². The second kappa shape index (κ2) is 40.7. The van der Waals surface area contributed by atoms with Crippen LogP contribution in [0.5, 0.6) is 0 Å². The SMILES string of the molecule is CCCCCCCCCCCCCCCCCCCCCCCCC(=O)OC[C@H](COP(=O)(O)O)OC(=O)CCCCCCCCCCCCCCC. The van der Waals surface area contributed by atoms with E-state index < -0.39 is 32.5 Å². The Kier molecular flexibility index (Phi) is 40.0. The second-order valence-electron chi connectivity index (χ2n) is 15.7. The molecule has 2 N–H and O–H groups in total. The van der Waals surface area contributed by atoms with E-state index in [1.54, 1.807) is 0 Å². The van der Waals surface area contributed by atoms with Gasteiger partial charge in [-0.1, -0.05) is 226 Å². The summed E-state index contributed by atoms with van der Waals surface area (Å²) in [5.41, 5.74) is 0. The van der Waals surface area contributed by atoms with Crippen molar-refractivity contribution < 1.29 is 37.9 Å². The first-order valence-electron chi connectivity index (χ1n) is 22.8. The maximum atomic E-state index is 12.4. The van der Waals surface area contributed by atoms with Gasteiger partial charge in [-0.15, -0.1) is 0 Å². The molecule has 0 fully saturated rings. The third kappa shape index (κ3) is 43.6. The molecule has 0 saturated carbocycles. The van der Waals surface area contributed by atoms with Crippen LogP contribution in [0.1, 0.15) is 251 Å². The molecule has 1 atom stereocenters. The van der Waals surface area contributed by atoms with Gasteiger partial charge in [-0.05, 0) is 12.8 Å². The Morgan fingerprint density at radius 1 is 0.415 bits per heavy atom. The molecule has 0 bridgehead atoms. The number of esters is 2. The Labute approximate surface area is 327 Å². The molecule has 0 aliphatic carbocycles. The molecule has 8 nitrogen and oxygen atoms in total. The van der Waals surface area contributed by atoms with E-state index in [1.165, 1.54) is 186 Å². The molecule has 0 rings (SSSR count). The standard InChI is InChI=1S/C44H87O8P/c1-3-5-7-9-11-13-15-17-18-19-20-21-22-23-24-25-27-28-30-32-34-36-38-43(45)50-40-42(41-51-53(47,48)49)52-44(46)39-37-35-33-31-29-26-16-14-12-10-8-6-4-2/h42H,3-41H2,1-2H3,(H2,47,48,49)/t42-/m1/s1. The van der Waals surface area contributed by atoms with Gasteiger partial charge in [0.1, 0.15) is 6.61 Å². The first-order valence-corrected chi connectivity index (χ1v) is 24.4. The predicted molar refractivity (Wildman–Crippen MR) is 221 cm³/mol. The maximum absolute atomic E-state index is 12.4. The summed E-state index contributed by atoms with van der Waals surface area (Å²) in [6, 6.07) is 0. The zero-order valence-corrected chi connectivity index (χ0v) is 35.8. The largest absolute Gasteiger partial charge is 0.469 e. The summed E-state index contributed by atoms with van der Waals surface area (Å²) in [4.78, 5) is 42.9. The molecule has 0 aromatic heterocycles. The van der Waals surface area contributed by atoms with Crippen molar-refractivity contribution in [3.63, 3.8) is 0 Å². The van der Waals surface area contributed by atoms with E-state index in [0.29, 0.717) is 6.42 Å². The minimum absolute atomic E-state index is 0.220. The lowest BCUT2D eigenvalue weighted by Crippen LogP contribution is -2.29. The lowest BCUT2D eigenvalue weighted by molar-refractivity contribution is -0.161. The topological polar surface area (TPSA) is 119 Å². The number of carbonyl (C=O) groups is 2. The van der Waals surface area contributed by atoms with Crippen molar-refractivity contribution in [2.45, 2.75) is 258 Å². The van der Waals surface area contributed by atoms with Gasteiger partial charge in [-0.25, -0.2) is 4.57 Å². The summed E-state index contributed by atoms with van der Waals surface area (Å²) in [6.07, 6.45) is 44.1. The van der Waals surface area contributed by atoms with Crippen LogP contribution in [0.4, 0.5) is 0 Å². The molecule has 0 aromatic carbocycles. The minimum Gasteiger partial charge on any atom is -0.462 e. The molecule has 316 valence electrons. The van der Waals surface area contributed by atoms with E-state index in [4.69, 9.17) is 19.3 Å². The fourth-order valence-corrected chi connectivity index (χ4v) is 7.32. The fraction of sp³-hybridized carbons (Fsp3) is 0.955. The summed E-state index contributed by atoms with van der Waals surface area (Å²) in [6.45, 7) is 3.72. The van der Waals surface area contributed by atoms with Gasteiger partial charge in [0.15, 0.2) is 6.10 Å². The number of carbonyl (C=O) groups excluding carboxylic acids is 2. The van der Waals surface area contributed by atoms with Crippen molar-refractivity contribution >= 4 is 19.8 Å². The molecule has 0 aliphatic heterocycles. The highest BCUT2D eigenvalue weighted by atomic mass is 31.2. The van der Waals surface area contributed by atoms with E-state index >= 15 is 0 Å². The number of hydrogen-bond acceptors (Lipinski definition) is 6. The van der Waals surface area contributed by atoms with E-state index in [-0.39, 0.29) is 19.4 Å². The van der Waals surface area contributed by atoms with Crippen molar-refractivity contribution in [1.82, 2.24) is 0 Å². The molecule has 0 spiro atoms. The van der Waals surface area contributed by atoms with Gasteiger partial charge >= 0.3 is 19.8 Å². The van der Waals surface area contributed by atoms with Gasteiger partial charge < -0.3 is 19.3 Å². The van der Waals surface area contributed by atoms with Gasteiger partial charge in [0.25, 0.3) is 0 Å². The zero-order valence-electron chi connectivity index (χ0n) is 34.9. The monoisotopic (exact) mass is 775 g/mol. The number of rotatable bonds is 43. The summed E-state index contributed by atoms with van der Waals surface area (Å²) in [5, 5.41) is 0. The summed E-state index contributed by atoms with van der Waals surface area (Å²) >= 11 is 0. The number of hydrogen-bond donors (Lipinski definition) is 2. The van der Waals surface area contributed by atoms with Crippen molar-refractivity contribution in [2.24, 2.45) is 0 Å². The Hall–Kier alpha value is -0.950.